The van der Waals surface area contributed by atoms with Crippen LogP contribution in [0.3, 0.4) is 0 Å². The molecule has 128 valence electrons. The topological polar surface area (TPSA) is 32.8 Å². The molecule has 22 heavy (non-hydrogen) atoms. The van der Waals surface area contributed by atoms with Crippen molar-refractivity contribution in [3.8, 4) is 0 Å². The lowest BCUT2D eigenvalue weighted by atomic mass is 9.78. The number of methoxy groups -OCH3 is 1. The summed E-state index contributed by atoms with van der Waals surface area (Å²) in [5.74, 6) is 1.85. The molecule has 0 radical (unpaired) electrons. The molecule has 0 unspecified atom stereocenters. The van der Waals surface area contributed by atoms with Gasteiger partial charge in [0.05, 0.1) is 0 Å². The normalized spacial score (nSPS) is 23.0. The Bertz CT molecular complexity index is 349. The van der Waals surface area contributed by atoms with E-state index in [2.05, 4.69) is 25.7 Å². The standard InChI is InChI=1S/C18H34N2O2/c1-18(2,3)14-19-9-5-15(6-10-19)16-7-11-20(12-8-16)17(21)13-22-4/h15-16H,5-14H2,1-4H3. The summed E-state index contributed by atoms with van der Waals surface area (Å²) in [6.07, 6.45) is 5.04. The summed E-state index contributed by atoms with van der Waals surface area (Å²) in [5.41, 5.74) is 0.403. The van der Waals surface area contributed by atoms with Crippen molar-refractivity contribution >= 4 is 5.91 Å². The van der Waals surface area contributed by atoms with E-state index in [9.17, 15) is 4.79 Å². The molecule has 4 heteroatoms. The summed E-state index contributed by atoms with van der Waals surface area (Å²) in [4.78, 5) is 16.5. The fraction of sp³-hybridized carbons (Fsp3) is 0.944. The van der Waals surface area contributed by atoms with Crippen LogP contribution in [-0.2, 0) is 9.53 Å². The fourth-order valence-electron chi connectivity index (χ4n) is 4.09. The average molecular weight is 310 g/mol. The van der Waals surface area contributed by atoms with Gasteiger partial charge in [-0.2, -0.15) is 0 Å². The number of carbonyl (C=O) groups is 1. The average Bonchev–Trinajstić information content (AvgIpc) is 2.47. The Morgan fingerprint density at radius 1 is 1.00 bits per heavy atom. The van der Waals surface area contributed by atoms with Gasteiger partial charge in [0.15, 0.2) is 0 Å². The van der Waals surface area contributed by atoms with Gasteiger partial charge in [-0.15, -0.1) is 0 Å². The van der Waals surface area contributed by atoms with Crippen LogP contribution in [0.2, 0.25) is 0 Å². The maximum atomic E-state index is 11.9. The lowest BCUT2D eigenvalue weighted by molar-refractivity contribution is -0.136. The molecule has 2 aliphatic rings. The van der Waals surface area contributed by atoms with Crippen molar-refractivity contribution in [3.63, 3.8) is 0 Å². The number of hydrogen-bond acceptors (Lipinski definition) is 3. The summed E-state index contributed by atoms with van der Waals surface area (Å²) in [7, 11) is 1.59. The fourth-order valence-corrected chi connectivity index (χ4v) is 4.09. The van der Waals surface area contributed by atoms with Crippen LogP contribution >= 0.6 is 0 Å². The maximum Gasteiger partial charge on any atom is 0.248 e. The quantitative estimate of drug-likeness (QED) is 0.800. The molecular weight excluding hydrogens is 276 g/mol. The summed E-state index contributed by atoms with van der Waals surface area (Å²) < 4.78 is 4.95. The Morgan fingerprint density at radius 2 is 1.50 bits per heavy atom. The molecule has 2 aliphatic heterocycles. The predicted molar refractivity (Wildman–Crippen MR) is 89.8 cm³/mol. The molecule has 0 spiro atoms. The van der Waals surface area contributed by atoms with Gasteiger partial charge >= 0.3 is 0 Å². The Balaban J connectivity index is 1.71. The lowest BCUT2D eigenvalue weighted by Crippen LogP contribution is -2.44. The van der Waals surface area contributed by atoms with E-state index in [4.69, 9.17) is 4.74 Å². The number of nitrogens with zero attached hydrogens (tertiary/aromatic N) is 2. The van der Waals surface area contributed by atoms with Crippen molar-refractivity contribution in [3.05, 3.63) is 0 Å². The number of amides is 1. The minimum atomic E-state index is 0.154. The van der Waals surface area contributed by atoms with Crippen LogP contribution in [0.25, 0.3) is 0 Å². The third-order valence-corrected chi connectivity index (χ3v) is 5.16. The molecule has 2 saturated heterocycles. The zero-order chi connectivity index (χ0) is 16.2. The molecule has 0 aromatic carbocycles. The third-order valence-electron chi connectivity index (χ3n) is 5.16. The molecule has 0 N–H and O–H groups in total. The van der Waals surface area contributed by atoms with Gasteiger partial charge < -0.3 is 14.5 Å². The lowest BCUT2D eigenvalue weighted by Gasteiger charge is -2.41. The monoisotopic (exact) mass is 310 g/mol. The van der Waals surface area contributed by atoms with Crippen molar-refractivity contribution in [1.29, 1.82) is 0 Å². The first-order valence-electron chi connectivity index (χ1n) is 8.88. The Labute approximate surface area is 136 Å². The molecular formula is C18H34N2O2. The van der Waals surface area contributed by atoms with Gasteiger partial charge in [0.2, 0.25) is 5.91 Å². The number of piperidine rings is 2. The number of hydrogen-bond donors (Lipinski definition) is 0. The molecule has 2 rings (SSSR count). The van der Waals surface area contributed by atoms with E-state index in [0.717, 1.165) is 24.9 Å². The SMILES string of the molecule is COCC(=O)N1CCC(C2CCN(CC(C)(C)C)CC2)CC1. The van der Waals surface area contributed by atoms with E-state index in [1.807, 2.05) is 4.90 Å². The Kier molecular flexibility index (Phi) is 6.27. The molecule has 0 aromatic rings. The van der Waals surface area contributed by atoms with E-state index >= 15 is 0 Å². The molecule has 0 aromatic heterocycles. The summed E-state index contributed by atoms with van der Waals surface area (Å²) in [6, 6.07) is 0. The second-order valence-electron chi connectivity index (χ2n) is 8.33. The number of rotatable bonds is 4. The highest BCUT2D eigenvalue weighted by Gasteiger charge is 2.31. The largest absolute Gasteiger partial charge is 0.375 e. The van der Waals surface area contributed by atoms with Gasteiger partial charge in [-0.25, -0.2) is 0 Å². The molecule has 2 heterocycles. The third kappa shape index (κ3) is 5.24. The number of carbonyl (C=O) groups excluding carboxylic acids is 1. The Morgan fingerprint density at radius 3 is 1.95 bits per heavy atom. The van der Waals surface area contributed by atoms with E-state index in [0.29, 0.717) is 5.41 Å². The molecule has 1 amide bonds. The van der Waals surface area contributed by atoms with E-state index < -0.39 is 0 Å². The summed E-state index contributed by atoms with van der Waals surface area (Å²) in [5, 5.41) is 0. The van der Waals surface area contributed by atoms with Gasteiger partial charge in [0.25, 0.3) is 0 Å². The number of likely N-dealkylation sites (tertiary alicyclic amines) is 2. The molecule has 2 fully saturated rings. The second kappa shape index (κ2) is 7.78. The van der Waals surface area contributed by atoms with Crippen molar-refractivity contribution < 1.29 is 9.53 Å². The minimum absolute atomic E-state index is 0.154. The van der Waals surface area contributed by atoms with Crippen LogP contribution in [0.5, 0.6) is 0 Å². The van der Waals surface area contributed by atoms with Crippen molar-refractivity contribution in [1.82, 2.24) is 9.80 Å². The van der Waals surface area contributed by atoms with Crippen LogP contribution in [0.15, 0.2) is 0 Å². The van der Waals surface area contributed by atoms with Crippen LogP contribution in [-0.4, -0.2) is 62.1 Å². The minimum Gasteiger partial charge on any atom is -0.375 e. The van der Waals surface area contributed by atoms with Gasteiger partial charge in [-0.05, 0) is 56.0 Å². The van der Waals surface area contributed by atoms with Gasteiger partial charge in [-0.3, -0.25) is 4.79 Å². The van der Waals surface area contributed by atoms with Crippen molar-refractivity contribution in [2.75, 3.05) is 46.4 Å². The van der Waals surface area contributed by atoms with Gasteiger partial charge in [0.1, 0.15) is 6.61 Å². The summed E-state index contributed by atoms with van der Waals surface area (Å²) in [6.45, 7) is 12.8. The first-order chi connectivity index (χ1) is 10.4. The first kappa shape index (κ1) is 17.7. The summed E-state index contributed by atoms with van der Waals surface area (Å²) >= 11 is 0. The van der Waals surface area contributed by atoms with Crippen molar-refractivity contribution in [2.24, 2.45) is 17.3 Å². The van der Waals surface area contributed by atoms with E-state index in [-0.39, 0.29) is 12.5 Å². The van der Waals surface area contributed by atoms with E-state index in [1.165, 1.54) is 45.3 Å². The van der Waals surface area contributed by atoms with Crippen LogP contribution in [0.4, 0.5) is 0 Å². The number of ether oxygens (including phenoxy) is 1. The first-order valence-corrected chi connectivity index (χ1v) is 8.88. The van der Waals surface area contributed by atoms with Gasteiger partial charge in [-0.1, -0.05) is 20.8 Å². The highest BCUT2D eigenvalue weighted by atomic mass is 16.5. The van der Waals surface area contributed by atoms with Crippen LogP contribution in [0, 0.1) is 17.3 Å². The van der Waals surface area contributed by atoms with Crippen LogP contribution < -0.4 is 0 Å². The molecule has 0 atom stereocenters. The van der Waals surface area contributed by atoms with Gasteiger partial charge in [0, 0.05) is 26.7 Å². The molecule has 0 saturated carbocycles. The highest BCUT2D eigenvalue weighted by Crippen LogP contribution is 2.33. The van der Waals surface area contributed by atoms with Crippen LogP contribution in [0.1, 0.15) is 46.5 Å². The molecule has 4 nitrogen and oxygen atoms in total. The van der Waals surface area contributed by atoms with Crippen molar-refractivity contribution in [2.45, 2.75) is 46.5 Å². The highest BCUT2D eigenvalue weighted by molar-refractivity contribution is 5.77. The zero-order valence-corrected chi connectivity index (χ0v) is 14.9. The smallest absolute Gasteiger partial charge is 0.248 e. The Hall–Kier alpha value is -0.610. The maximum absolute atomic E-state index is 11.9. The van der Waals surface area contributed by atoms with E-state index in [1.54, 1.807) is 7.11 Å². The predicted octanol–water partition coefficient (Wildman–Crippen LogP) is 2.63. The molecule has 0 aliphatic carbocycles. The zero-order valence-electron chi connectivity index (χ0n) is 14.9. The second-order valence-corrected chi connectivity index (χ2v) is 8.33. The molecule has 0 bridgehead atoms.